The average molecular weight is 353 g/mol. The summed E-state index contributed by atoms with van der Waals surface area (Å²) in [6, 6.07) is 4.14. The van der Waals surface area contributed by atoms with Crippen molar-refractivity contribution in [3.8, 4) is 0 Å². The minimum atomic E-state index is -2.96. The Bertz CT molecular complexity index is 680. The Morgan fingerprint density at radius 1 is 1.17 bits per heavy atom. The van der Waals surface area contributed by atoms with Gasteiger partial charge in [-0.25, -0.2) is 8.42 Å². The summed E-state index contributed by atoms with van der Waals surface area (Å²) in [6.45, 7) is 7.45. The second-order valence-corrected chi connectivity index (χ2v) is 9.10. The molecule has 24 heavy (non-hydrogen) atoms. The van der Waals surface area contributed by atoms with Crippen LogP contribution in [0.25, 0.3) is 0 Å². The Balaban J connectivity index is 1.70. The fraction of sp³-hybridized carbons (Fsp3) is 0.667. The first-order valence-electron chi connectivity index (χ1n) is 8.87. The molecule has 0 bridgehead atoms. The van der Waals surface area contributed by atoms with E-state index in [1.165, 1.54) is 0 Å². The van der Waals surface area contributed by atoms with Crippen molar-refractivity contribution in [3.63, 3.8) is 0 Å². The zero-order valence-corrected chi connectivity index (χ0v) is 15.5. The summed E-state index contributed by atoms with van der Waals surface area (Å²) in [5, 5.41) is 0. The Kier molecular flexibility index (Phi) is 5.47. The standard InChI is InChI=1S/C18H28N2O3S/c1-3-4-5-6-9-19-10-11-20(12-16-8-7-15(2)23-16)18-14-24(21,22)13-17(18)19/h5-8,17-18H,3-4,9-14H2,1-2H3/t17-,18+/m0/s1. The van der Waals surface area contributed by atoms with Crippen molar-refractivity contribution < 1.29 is 12.8 Å². The molecule has 0 aliphatic carbocycles. The summed E-state index contributed by atoms with van der Waals surface area (Å²) in [6.07, 6.45) is 6.63. The molecule has 6 heteroatoms. The summed E-state index contributed by atoms with van der Waals surface area (Å²) in [5.74, 6) is 2.38. The highest BCUT2D eigenvalue weighted by Crippen LogP contribution is 2.28. The highest BCUT2D eigenvalue weighted by molar-refractivity contribution is 7.91. The molecule has 0 spiro atoms. The summed E-state index contributed by atoms with van der Waals surface area (Å²) in [4.78, 5) is 4.63. The molecule has 2 aliphatic heterocycles. The van der Waals surface area contributed by atoms with Crippen LogP contribution >= 0.6 is 0 Å². The molecule has 3 heterocycles. The van der Waals surface area contributed by atoms with Crippen molar-refractivity contribution >= 4 is 9.84 Å². The van der Waals surface area contributed by atoms with Crippen LogP contribution in [0.15, 0.2) is 28.7 Å². The predicted molar refractivity (Wildman–Crippen MR) is 95.7 cm³/mol. The number of fused-ring (bicyclic) bond motifs is 1. The smallest absolute Gasteiger partial charge is 0.153 e. The van der Waals surface area contributed by atoms with Gasteiger partial charge in [-0.3, -0.25) is 9.80 Å². The molecule has 5 nitrogen and oxygen atoms in total. The summed E-state index contributed by atoms with van der Waals surface area (Å²) >= 11 is 0. The molecule has 2 aliphatic rings. The van der Waals surface area contributed by atoms with E-state index in [1.54, 1.807) is 0 Å². The van der Waals surface area contributed by atoms with Gasteiger partial charge in [0.2, 0.25) is 0 Å². The number of rotatable bonds is 6. The lowest BCUT2D eigenvalue weighted by atomic mass is 10.0. The maximum absolute atomic E-state index is 12.2. The SMILES string of the molecule is CCCC=CCN1CCN(Cc2ccc(C)o2)[C@@H]2CS(=O)(=O)C[C@@H]21. The van der Waals surface area contributed by atoms with Crippen molar-refractivity contribution in [2.75, 3.05) is 31.1 Å². The molecule has 1 aromatic heterocycles. The molecule has 0 radical (unpaired) electrons. The van der Waals surface area contributed by atoms with E-state index < -0.39 is 9.84 Å². The molecule has 2 fully saturated rings. The van der Waals surface area contributed by atoms with Gasteiger partial charge >= 0.3 is 0 Å². The Morgan fingerprint density at radius 3 is 2.54 bits per heavy atom. The number of sulfone groups is 1. The lowest BCUT2D eigenvalue weighted by molar-refractivity contribution is 0.0434. The van der Waals surface area contributed by atoms with Crippen LogP contribution in [0.4, 0.5) is 0 Å². The first-order chi connectivity index (χ1) is 11.5. The first-order valence-corrected chi connectivity index (χ1v) is 10.7. The summed E-state index contributed by atoms with van der Waals surface area (Å²) in [5.41, 5.74) is 0. The Morgan fingerprint density at radius 2 is 1.88 bits per heavy atom. The van der Waals surface area contributed by atoms with Gasteiger partial charge in [-0.15, -0.1) is 0 Å². The van der Waals surface area contributed by atoms with Crippen LogP contribution in [0.1, 0.15) is 31.3 Å². The highest BCUT2D eigenvalue weighted by Gasteiger charge is 2.46. The van der Waals surface area contributed by atoms with Crippen molar-refractivity contribution in [2.24, 2.45) is 0 Å². The zero-order valence-electron chi connectivity index (χ0n) is 14.6. The molecule has 2 atom stereocenters. The highest BCUT2D eigenvalue weighted by atomic mass is 32.2. The lowest BCUT2D eigenvalue weighted by Crippen LogP contribution is -2.58. The van der Waals surface area contributed by atoms with Crippen LogP contribution in [0.2, 0.25) is 0 Å². The third kappa shape index (κ3) is 4.10. The van der Waals surface area contributed by atoms with E-state index in [-0.39, 0.29) is 23.6 Å². The normalized spacial score (nSPS) is 27.8. The summed E-state index contributed by atoms with van der Waals surface area (Å²) < 4.78 is 30.1. The van der Waals surface area contributed by atoms with Crippen molar-refractivity contribution in [1.82, 2.24) is 9.80 Å². The molecule has 0 unspecified atom stereocenters. The molecule has 2 saturated heterocycles. The summed E-state index contributed by atoms with van der Waals surface area (Å²) in [7, 11) is -2.96. The van der Waals surface area contributed by atoms with Gasteiger partial charge in [-0.05, 0) is 25.5 Å². The number of nitrogens with zero attached hydrogens (tertiary/aromatic N) is 2. The van der Waals surface area contributed by atoms with Gasteiger partial charge in [0.05, 0.1) is 18.1 Å². The van der Waals surface area contributed by atoms with E-state index >= 15 is 0 Å². The van der Waals surface area contributed by atoms with Crippen molar-refractivity contribution in [2.45, 2.75) is 45.3 Å². The topological polar surface area (TPSA) is 53.8 Å². The maximum Gasteiger partial charge on any atom is 0.153 e. The predicted octanol–water partition coefficient (Wildman–Crippen LogP) is 2.23. The lowest BCUT2D eigenvalue weighted by Gasteiger charge is -2.43. The average Bonchev–Trinajstić information content (AvgIpc) is 3.07. The van der Waals surface area contributed by atoms with Gasteiger partial charge in [0.15, 0.2) is 9.84 Å². The largest absolute Gasteiger partial charge is 0.465 e. The van der Waals surface area contributed by atoms with E-state index in [0.29, 0.717) is 6.54 Å². The number of allylic oxidation sites excluding steroid dienone is 1. The Labute approximate surface area is 145 Å². The molecule has 1 aromatic rings. The fourth-order valence-corrected chi connectivity index (χ4v) is 5.83. The van der Waals surface area contributed by atoms with E-state index in [9.17, 15) is 8.42 Å². The first kappa shape index (κ1) is 17.7. The van der Waals surface area contributed by atoms with Crippen molar-refractivity contribution in [3.05, 3.63) is 35.8 Å². The van der Waals surface area contributed by atoms with E-state index in [2.05, 4.69) is 28.9 Å². The van der Waals surface area contributed by atoms with Crippen LogP contribution in [-0.2, 0) is 16.4 Å². The van der Waals surface area contributed by atoms with Gasteiger partial charge in [-0.1, -0.05) is 25.5 Å². The van der Waals surface area contributed by atoms with Gasteiger partial charge < -0.3 is 4.42 Å². The number of furan rings is 1. The quantitative estimate of drug-likeness (QED) is 0.735. The minimum absolute atomic E-state index is 0.0775. The number of hydrogen-bond donors (Lipinski definition) is 0. The second-order valence-electron chi connectivity index (χ2n) is 6.95. The van der Waals surface area contributed by atoms with Crippen molar-refractivity contribution in [1.29, 1.82) is 0 Å². The van der Waals surface area contributed by atoms with E-state index in [0.717, 1.165) is 44.0 Å². The van der Waals surface area contributed by atoms with Gasteiger partial charge in [0.25, 0.3) is 0 Å². The van der Waals surface area contributed by atoms with Crippen LogP contribution in [0, 0.1) is 6.92 Å². The third-order valence-electron chi connectivity index (χ3n) is 5.02. The molecule has 0 amide bonds. The number of piperazine rings is 1. The maximum atomic E-state index is 12.2. The zero-order chi connectivity index (χ0) is 17.2. The van der Waals surface area contributed by atoms with Crippen LogP contribution in [0.3, 0.4) is 0 Å². The fourth-order valence-electron chi connectivity index (χ4n) is 3.78. The molecule has 0 aromatic carbocycles. The van der Waals surface area contributed by atoms with Gasteiger partial charge in [-0.2, -0.15) is 0 Å². The second kappa shape index (κ2) is 7.42. The van der Waals surface area contributed by atoms with Crippen LogP contribution in [-0.4, -0.2) is 61.4 Å². The van der Waals surface area contributed by atoms with E-state index in [4.69, 9.17) is 4.42 Å². The molecule has 3 rings (SSSR count). The third-order valence-corrected chi connectivity index (χ3v) is 6.72. The minimum Gasteiger partial charge on any atom is -0.465 e. The molecular weight excluding hydrogens is 324 g/mol. The van der Waals surface area contributed by atoms with E-state index in [1.807, 2.05) is 19.1 Å². The number of hydrogen-bond acceptors (Lipinski definition) is 5. The monoisotopic (exact) mass is 352 g/mol. The molecule has 134 valence electrons. The number of aryl methyl sites for hydroxylation is 1. The molecule has 0 saturated carbocycles. The molecular formula is C18H28N2O3S. The number of unbranched alkanes of at least 4 members (excludes halogenated alkanes) is 1. The van der Waals surface area contributed by atoms with Crippen LogP contribution in [0.5, 0.6) is 0 Å². The molecule has 0 N–H and O–H groups in total. The van der Waals surface area contributed by atoms with Gasteiger partial charge in [0, 0.05) is 31.7 Å². The van der Waals surface area contributed by atoms with Crippen LogP contribution < -0.4 is 0 Å². The van der Waals surface area contributed by atoms with Gasteiger partial charge in [0.1, 0.15) is 11.5 Å². The Hall–Kier alpha value is -1.11.